The van der Waals surface area contributed by atoms with E-state index >= 15 is 0 Å². The largest absolute Gasteiger partial charge is 0.377 e. The molecule has 0 spiro atoms. The fourth-order valence-electron chi connectivity index (χ4n) is 2.37. The molecule has 1 heterocycles. The van der Waals surface area contributed by atoms with E-state index < -0.39 is 4.92 Å². The molecular formula is C14H19BrN2O3. The number of piperidine rings is 1. The highest BCUT2D eigenvalue weighted by atomic mass is 79.9. The van der Waals surface area contributed by atoms with Crippen LogP contribution in [0, 0.1) is 16.0 Å². The fraction of sp³-hybridized carbons (Fsp3) is 0.571. The first kappa shape index (κ1) is 15.4. The summed E-state index contributed by atoms with van der Waals surface area (Å²) < 4.78 is 6.40. The third-order valence-electron chi connectivity index (χ3n) is 3.57. The number of nitrogens with zero attached hydrogens (tertiary/aromatic N) is 1. The van der Waals surface area contributed by atoms with E-state index in [9.17, 15) is 10.1 Å². The maximum atomic E-state index is 10.6. The van der Waals surface area contributed by atoms with Crippen molar-refractivity contribution in [3.8, 4) is 0 Å². The van der Waals surface area contributed by atoms with E-state index in [4.69, 9.17) is 4.74 Å². The molecule has 0 aliphatic carbocycles. The Labute approximate surface area is 127 Å². The van der Waals surface area contributed by atoms with Gasteiger partial charge in [0.05, 0.1) is 11.5 Å². The van der Waals surface area contributed by atoms with E-state index in [1.54, 1.807) is 6.07 Å². The zero-order valence-corrected chi connectivity index (χ0v) is 12.9. The van der Waals surface area contributed by atoms with Gasteiger partial charge in [-0.3, -0.25) is 10.1 Å². The number of rotatable bonds is 6. The Morgan fingerprint density at radius 1 is 1.50 bits per heavy atom. The SMILES string of the molecule is O=[N+]([O-])c1ccc(COCCC2CCCNC2)c(Br)c1. The second-order valence-electron chi connectivity index (χ2n) is 5.09. The summed E-state index contributed by atoms with van der Waals surface area (Å²) in [5.41, 5.74) is 1.03. The second-order valence-corrected chi connectivity index (χ2v) is 5.94. The predicted octanol–water partition coefficient (Wildman–Crippen LogP) is 3.26. The second kappa shape index (κ2) is 7.71. The fourth-order valence-corrected chi connectivity index (χ4v) is 2.85. The van der Waals surface area contributed by atoms with Gasteiger partial charge in [0.25, 0.3) is 5.69 Å². The van der Waals surface area contributed by atoms with Crippen LogP contribution in [0.25, 0.3) is 0 Å². The summed E-state index contributed by atoms with van der Waals surface area (Å²) in [6.07, 6.45) is 3.59. The molecule has 1 aliphatic rings. The van der Waals surface area contributed by atoms with Crippen molar-refractivity contribution < 1.29 is 9.66 Å². The molecule has 1 N–H and O–H groups in total. The minimum atomic E-state index is -0.397. The first-order chi connectivity index (χ1) is 9.66. The van der Waals surface area contributed by atoms with Crippen molar-refractivity contribution in [1.29, 1.82) is 0 Å². The van der Waals surface area contributed by atoms with Crippen molar-refractivity contribution in [1.82, 2.24) is 5.32 Å². The van der Waals surface area contributed by atoms with Crippen molar-refractivity contribution in [2.75, 3.05) is 19.7 Å². The Bertz CT molecular complexity index is 462. The highest BCUT2D eigenvalue weighted by Gasteiger charge is 2.13. The number of non-ortho nitro benzene ring substituents is 1. The first-order valence-corrected chi connectivity index (χ1v) is 7.67. The minimum absolute atomic E-state index is 0.0916. The average Bonchev–Trinajstić information content (AvgIpc) is 2.46. The lowest BCUT2D eigenvalue weighted by Crippen LogP contribution is -2.30. The van der Waals surface area contributed by atoms with Crippen LogP contribution in [0.2, 0.25) is 0 Å². The van der Waals surface area contributed by atoms with Gasteiger partial charge in [-0.1, -0.05) is 15.9 Å². The summed E-state index contributed by atoms with van der Waals surface area (Å²) in [4.78, 5) is 10.3. The molecular weight excluding hydrogens is 324 g/mol. The van der Waals surface area contributed by atoms with E-state index in [1.807, 2.05) is 0 Å². The van der Waals surface area contributed by atoms with Crippen molar-refractivity contribution in [3.63, 3.8) is 0 Å². The van der Waals surface area contributed by atoms with E-state index in [-0.39, 0.29) is 5.69 Å². The summed E-state index contributed by atoms with van der Waals surface area (Å²) in [6, 6.07) is 4.77. The molecule has 0 aromatic heterocycles. The van der Waals surface area contributed by atoms with E-state index in [0.29, 0.717) is 12.5 Å². The van der Waals surface area contributed by atoms with Gasteiger partial charge in [-0.05, 0) is 49.9 Å². The smallest absolute Gasteiger partial charge is 0.270 e. The van der Waals surface area contributed by atoms with Gasteiger partial charge in [0, 0.05) is 23.2 Å². The number of halogens is 1. The van der Waals surface area contributed by atoms with Crippen molar-refractivity contribution in [2.45, 2.75) is 25.9 Å². The molecule has 110 valence electrons. The van der Waals surface area contributed by atoms with Crippen LogP contribution in [0.3, 0.4) is 0 Å². The predicted molar refractivity (Wildman–Crippen MR) is 80.7 cm³/mol. The van der Waals surface area contributed by atoms with Crippen LogP contribution in [-0.2, 0) is 11.3 Å². The number of hydrogen-bond donors (Lipinski definition) is 1. The Kier molecular flexibility index (Phi) is 5.94. The van der Waals surface area contributed by atoms with Crippen LogP contribution in [0.5, 0.6) is 0 Å². The molecule has 1 aromatic carbocycles. The quantitative estimate of drug-likeness (QED) is 0.489. The molecule has 0 bridgehead atoms. The van der Waals surface area contributed by atoms with Gasteiger partial charge in [0.1, 0.15) is 0 Å². The van der Waals surface area contributed by atoms with Crippen LogP contribution < -0.4 is 5.32 Å². The summed E-state index contributed by atoms with van der Waals surface area (Å²) in [6.45, 7) is 3.44. The minimum Gasteiger partial charge on any atom is -0.377 e. The molecule has 20 heavy (non-hydrogen) atoms. The molecule has 1 aromatic rings. The maximum Gasteiger partial charge on any atom is 0.270 e. The molecule has 5 nitrogen and oxygen atoms in total. The summed E-state index contributed by atoms with van der Waals surface area (Å²) in [7, 11) is 0. The monoisotopic (exact) mass is 342 g/mol. The van der Waals surface area contributed by atoms with Gasteiger partial charge in [-0.2, -0.15) is 0 Å². The van der Waals surface area contributed by atoms with Gasteiger partial charge < -0.3 is 10.1 Å². The van der Waals surface area contributed by atoms with E-state index in [2.05, 4.69) is 21.2 Å². The van der Waals surface area contributed by atoms with Crippen molar-refractivity contribution in [3.05, 3.63) is 38.3 Å². The third-order valence-corrected chi connectivity index (χ3v) is 4.31. The number of ether oxygens (including phenoxy) is 1. The normalized spacial score (nSPS) is 18.9. The van der Waals surface area contributed by atoms with Gasteiger partial charge in [-0.15, -0.1) is 0 Å². The highest BCUT2D eigenvalue weighted by Crippen LogP contribution is 2.23. The summed E-state index contributed by atoms with van der Waals surface area (Å²) in [5, 5.41) is 14.0. The number of benzene rings is 1. The molecule has 1 unspecified atom stereocenters. The summed E-state index contributed by atoms with van der Waals surface area (Å²) in [5.74, 6) is 0.712. The van der Waals surface area contributed by atoms with E-state index in [1.165, 1.54) is 25.0 Å². The Morgan fingerprint density at radius 2 is 2.35 bits per heavy atom. The molecule has 1 aliphatic heterocycles. The lowest BCUT2D eigenvalue weighted by molar-refractivity contribution is -0.384. The van der Waals surface area contributed by atoms with Gasteiger partial charge >= 0.3 is 0 Å². The van der Waals surface area contributed by atoms with Crippen molar-refractivity contribution >= 4 is 21.6 Å². The number of nitrogens with one attached hydrogen (secondary N) is 1. The maximum absolute atomic E-state index is 10.6. The lowest BCUT2D eigenvalue weighted by Gasteiger charge is -2.22. The number of nitro benzene ring substituents is 1. The van der Waals surface area contributed by atoms with Crippen LogP contribution in [0.15, 0.2) is 22.7 Å². The Balaban J connectivity index is 1.74. The Hall–Kier alpha value is -0.980. The molecule has 6 heteroatoms. The average molecular weight is 343 g/mol. The van der Waals surface area contributed by atoms with Crippen LogP contribution in [-0.4, -0.2) is 24.6 Å². The standard InChI is InChI=1S/C14H19BrN2O3/c15-14-8-13(17(18)19)4-3-12(14)10-20-7-5-11-2-1-6-16-9-11/h3-4,8,11,16H,1-2,5-7,9-10H2. The zero-order valence-electron chi connectivity index (χ0n) is 11.3. The van der Waals surface area contributed by atoms with Gasteiger partial charge in [0.15, 0.2) is 0 Å². The molecule has 0 saturated carbocycles. The van der Waals surface area contributed by atoms with Crippen molar-refractivity contribution in [2.24, 2.45) is 5.92 Å². The topological polar surface area (TPSA) is 64.4 Å². The first-order valence-electron chi connectivity index (χ1n) is 6.88. The molecule has 0 amide bonds. The third kappa shape index (κ3) is 4.54. The molecule has 1 atom stereocenters. The van der Waals surface area contributed by atoms with Crippen LogP contribution >= 0.6 is 15.9 Å². The van der Waals surface area contributed by atoms with E-state index in [0.717, 1.165) is 36.2 Å². The van der Waals surface area contributed by atoms with Gasteiger partial charge in [-0.25, -0.2) is 0 Å². The summed E-state index contributed by atoms with van der Waals surface area (Å²) >= 11 is 3.35. The number of hydrogen-bond acceptors (Lipinski definition) is 4. The highest BCUT2D eigenvalue weighted by molar-refractivity contribution is 9.10. The van der Waals surface area contributed by atoms with Crippen LogP contribution in [0.4, 0.5) is 5.69 Å². The zero-order chi connectivity index (χ0) is 14.4. The molecule has 1 saturated heterocycles. The van der Waals surface area contributed by atoms with Crippen LogP contribution in [0.1, 0.15) is 24.8 Å². The Morgan fingerprint density at radius 3 is 3.00 bits per heavy atom. The molecule has 1 fully saturated rings. The molecule has 0 radical (unpaired) electrons. The lowest BCUT2D eigenvalue weighted by atomic mass is 9.97. The molecule has 2 rings (SSSR count). The van der Waals surface area contributed by atoms with Gasteiger partial charge in [0.2, 0.25) is 0 Å². The number of nitro groups is 1.